The zero-order valence-corrected chi connectivity index (χ0v) is 14.0. The normalized spacial score (nSPS) is 27.1. The van der Waals surface area contributed by atoms with Crippen LogP contribution in [-0.4, -0.2) is 39.1 Å². The summed E-state index contributed by atoms with van der Waals surface area (Å²) in [5.41, 5.74) is 1.72. The van der Waals surface area contributed by atoms with Crippen LogP contribution >= 0.6 is 0 Å². The molecule has 1 aliphatic heterocycles. The minimum atomic E-state index is -0.901. The van der Waals surface area contributed by atoms with Gasteiger partial charge in [-0.25, -0.2) is 0 Å². The lowest BCUT2D eigenvalue weighted by atomic mass is 9.99. The molecule has 116 valence electrons. The lowest BCUT2D eigenvalue weighted by Gasteiger charge is -2.24. The Morgan fingerprint density at radius 3 is 2.71 bits per heavy atom. The number of carbonyl (C=O) groups is 1. The summed E-state index contributed by atoms with van der Waals surface area (Å²) < 4.78 is 11.4. The van der Waals surface area contributed by atoms with Crippen LogP contribution < -0.4 is 5.32 Å². The number of nitrogens with one attached hydrogen (secondary N) is 1. The molecule has 1 saturated heterocycles. The van der Waals surface area contributed by atoms with Crippen LogP contribution in [0.4, 0.5) is 0 Å². The van der Waals surface area contributed by atoms with Crippen molar-refractivity contribution in [2.45, 2.75) is 38.9 Å². The maximum Gasteiger partial charge on any atom is 0.244 e. The van der Waals surface area contributed by atoms with E-state index in [1.54, 1.807) is 6.26 Å². The van der Waals surface area contributed by atoms with Gasteiger partial charge in [-0.1, -0.05) is 36.8 Å². The van der Waals surface area contributed by atoms with Crippen molar-refractivity contribution in [3.8, 4) is 0 Å². The minimum Gasteiger partial charge on any atom is -0.320 e. The number of nitrogens with zero attached hydrogens (tertiary/aromatic N) is 1. The molecular weight excluding hydrogens is 284 g/mol. The van der Waals surface area contributed by atoms with Crippen molar-refractivity contribution in [2.75, 3.05) is 18.6 Å². The number of benzene rings is 1. The lowest BCUT2D eigenvalue weighted by Crippen LogP contribution is -2.43. The van der Waals surface area contributed by atoms with Gasteiger partial charge in [0.2, 0.25) is 5.91 Å². The molecule has 0 radical (unpaired) electrons. The second-order valence-electron chi connectivity index (χ2n) is 5.92. The van der Waals surface area contributed by atoms with Crippen LogP contribution in [0.5, 0.6) is 0 Å². The van der Waals surface area contributed by atoms with E-state index in [9.17, 15) is 9.00 Å². The predicted molar refractivity (Wildman–Crippen MR) is 86.4 cm³/mol. The Labute approximate surface area is 129 Å². The Morgan fingerprint density at radius 2 is 2.14 bits per heavy atom. The molecule has 1 aromatic carbocycles. The van der Waals surface area contributed by atoms with Gasteiger partial charge in [-0.3, -0.25) is 14.3 Å². The van der Waals surface area contributed by atoms with Gasteiger partial charge in [-0.05, 0) is 25.8 Å². The van der Waals surface area contributed by atoms with Gasteiger partial charge in [0.25, 0.3) is 0 Å². The van der Waals surface area contributed by atoms with Crippen LogP contribution in [0, 0.1) is 6.92 Å². The smallest absolute Gasteiger partial charge is 0.244 e. The highest BCUT2D eigenvalue weighted by atomic mass is 32.2. The van der Waals surface area contributed by atoms with Crippen LogP contribution in [0.3, 0.4) is 0 Å². The molecule has 1 N–H and O–H groups in total. The number of hydrogen-bond donors (Lipinski definition) is 1. The molecule has 3 unspecified atom stereocenters. The van der Waals surface area contributed by atoms with Gasteiger partial charge in [-0.15, -0.1) is 0 Å². The third kappa shape index (κ3) is 3.35. The summed E-state index contributed by atoms with van der Waals surface area (Å²) in [7, 11) is -0.901. The third-order valence-electron chi connectivity index (χ3n) is 4.18. The highest BCUT2D eigenvalue weighted by Crippen LogP contribution is 2.32. The van der Waals surface area contributed by atoms with Crippen molar-refractivity contribution in [1.29, 1.82) is 0 Å². The fraction of sp³-hybridized carbons (Fsp3) is 0.562. The quantitative estimate of drug-likeness (QED) is 0.905. The largest absolute Gasteiger partial charge is 0.320 e. The molecule has 0 aromatic heterocycles. The SMILES string of the molecule is CCC1(C)NC(c2cccc(C)c2)N(CCS(C)=O)C1=O. The Kier molecular flexibility index (Phi) is 4.84. The molecule has 0 bridgehead atoms. The standard InChI is InChI=1S/C16H24N2O2S/c1-5-16(3)15(19)18(9-10-21(4)20)14(17-16)13-8-6-7-12(2)11-13/h6-8,11,14,17H,5,9-10H2,1-4H3. The summed E-state index contributed by atoms with van der Waals surface area (Å²) in [5, 5.41) is 3.46. The van der Waals surface area contributed by atoms with Crippen molar-refractivity contribution < 1.29 is 9.00 Å². The predicted octanol–water partition coefficient (Wildman–Crippen LogP) is 1.97. The van der Waals surface area contributed by atoms with Crippen LogP contribution in [0.2, 0.25) is 0 Å². The van der Waals surface area contributed by atoms with E-state index in [1.165, 1.54) is 5.56 Å². The first-order chi connectivity index (χ1) is 9.87. The monoisotopic (exact) mass is 308 g/mol. The van der Waals surface area contributed by atoms with Crippen LogP contribution in [0.25, 0.3) is 0 Å². The molecule has 0 saturated carbocycles. The van der Waals surface area contributed by atoms with Crippen molar-refractivity contribution in [3.63, 3.8) is 0 Å². The summed E-state index contributed by atoms with van der Waals surface area (Å²) in [4.78, 5) is 14.5. The van der Waals surface area contributed by atoms with E-state index in [2.05, 4.69) is 11.4 Å². The van der Waals surface area contributed by atoms with Gasteiger partial charge in [0, 0.05) is 29.4 Å². The molecule has 5 heteroatoms. The Morgan fingerprint density at radius 1 is 1.43 bits per heavy atom. The summed E-state index contributed by atoms with van der Waals surface area (Å²) in [6.45, 7) is 6.52. The maximum absolute atomic E-state index is 12.7. The van der Waals surface area contributed by atoms with Gasteiger partial charge in [-0.2, -0.15) is 0 Å². The maximum atomic E-state index is 12.7. The molecule has 1 heterocycles. The van der Waals surface area contributed by atoms with Crippen molar-refractivity contribution in [1.82, 2.24) is 10.2 Å². The fourth-order valence-electron chi connectivity index (χ4n) is 2.69. The van der Waals surface area contributed by atoms with E-state index in [0.29, 0.717) is 12.3 Å². The first-order valence-corrected chi connectivity index (χ1v) is 9.05. The Balaban J connectivity index is 2.32. The van der Waals surface area contributed by atoms with Crippen LogP contribution in [-0.2, 0) is 15.6 Å². The van der Waals surface area contributed by atoms with Crippen molar-refractivity contribution in [2.24, 2.45) is 0 Å². The van der Waals surface area contributed by atoms with Crippen LogP contribution in [0.1, 0.15) is 37.6 Å². The number of aryl methyl sites for hydroxylation is 1. The van der Waals surface area contributed by atoms with Gasteiger partial charge < -0.3 is 4.90 Å². The topological polar surface area (TPSA) is 49.4 Å². The lowest BCUT2D eigenvalue weighted by molar-refractivity contribution is -0.132. The Hall–Kier alpha value is -1.20. The molecule has 2 rings (SSSR count). The van der Waals surface area contributed by atoms with Gasteiger partial charge in [0.1, 0.15) is 6.17 Å². The molecule has 1 aliphatic rings. The van der Waals surface area contributed by atoms with E-state index in [-0.39, 0.29) is 12.1 Å². The van der Waals surface area contributed by atoms with Gasteiger partial charge in [0.05, 0.1) is 5.54 Å². The average molecular weight is 308 g/mol. The zero-order valence-electron chi connectivity index (χ0n) is 13.2. The molecule has 0 spiro atoms. The second kappa shape index (κ2) is 6.28. The molecule has 21 heavy (non-hydrogen) atoms. The number of rotatable bonds is 5. The average Bonchev–Trinajstić information content (AvgIpc) is 2.70. The molecule has 1 amide bonds. The van der Waals surface area contributed by atoms with E-state index in [4.69, 9.17) is 0 Å². The molecule has 1 aromatic rings. The van der Waals surface area contributed by atoms with Crippen LogP contribution in [0.15, 0.2) is 24.3 Å². The first kappa shape index (κ1) is 16.2. The third-order valence-corrected chi connectivity index (χ3v) is 4.94. The van der Waals surface area contributed by atoms with Gasteiger partial charge >= 0.3 is 0 Å². The highest BCUT2D eigenvalue weighted by molar-refractivity contribution is 7.84. The van der Waals surface area contributed by atoms with Crippen molar-refractivity contribution in [3.05, 3.63) is 35.4 Å². The molecular formula is C16H24N2O2S. The fourth-order valence-corrected chi connectivity index (χ4v) is 3.14. The second-order valence-corrected chi connectivity index (χ2v) is 7.48. The summed E-state index contributed by atoms with van der Waals surface area (Å²) >= 11 is 0. The van der Waals surface area contributed by atoms with E-state index >= 15 is 0 Å². The molecule has 0 aliphatic carbocycles. The van der Waals surface area contributed by atoms with Gasteiger partial charge in [0.15, 0.2) is 0 Å². The minimum absolute atomic E-state index is 0.0990. The summed E-state index contributed by atoms with van der Waals surface area (Å²) in [6, 6.07) is 8.19. The molecule has 1 fully saturated rings. The first-order valence-electron chi connectivity index (χ1n) is 7.33. The Bertz CT molecular complexity index is 561. The van der Waals surface area contributed by atoms with E-state index in [0.717, 1.165) is 12.0 Å². The summed E-state index contributed by atoms with van der Waals surface area (Å²) in [5.74, 6) is 0.608. The number of carbonyl (C=O) groups excluding carboxylic acids is 1. The highest BCUT2D eigenvalue weighted by Gasteiger charge is 2.46. The zero-order chi connectivity index (χ0) is 15.6. The summed E-state index contributed by atoms with van der Waals surface area (Å²) in [6.07, 6.45) is 2.28. The molecule has 4 nitrogen and oxygen atoms in total. The molecule has 3 atom stereocenters. The van der Waals surface area contributed by atoms with Crippen molar-refractivity contribution >= 4 is 16.7 Å². The number of amides is 1. The van der Waals surface area contributed by atoms with E-state index in [1.807, 2.05) is 43.9 Å². The van der Waals surface area contributed by atoms with E-state index < -0.39 is 16.3 Å². The number of hydrogen-bond acceptors (Lipinski definition) is 3.